The second-order valence-electron chi connectivity index (χ2n) is 18.2. The Morgan fingerprint density at radius 1 is 0.508 bits per heavy atom. The Kier molecular flexibility index (Phi) is 44.9. The number of allylic oxidation sites excluding steroid dienone is 12. The average Bonchev–Trinajstić information content (AvgIpc) is 3.24. The molecule has 366 valence electrons. The van der Waals surface area contributed by atoms with Crippen LogP contribution in [0.2, 0.25) is 0 Å². The molecule has 2 unspecified atom stereocenters. The van der Waals surface area contributed by atoms with E-state index in [1.54, 1.807) is 0 Å². The summed E-state index contributed by atoms with van der Waals surface area (Å²) in [6, 6.07) is 0. The van der Waals surface area contributed by atoms with E-state index in [1.165, 1.54) is 116 Å². The normalized spacial score (nSPS) is 14.2. The molecule has 9 heteroatoms. The maximum Gasteiger partial charge on any atom is 0.472 e. The first-order chi connectivity index (χ1) is 30.6. The van der Waals surface area contributed by atoms with Gasteiger partial charge in [-0.15, -0.1) is 0 Å². The zero-order valence-corrected chi connectivity index (χ0v) is 42.4. The summed E-state index contributed by atoms with van der Waals surface area (Å²) in [5, 5.41) is 0. The molecule has 0 heterocycles. The van der Waals surface area contributed by atoms with Crippen LogP contribution in [0, 0.1) is 0 Å². The van der Waals surface area contributed by atoms with E-state index in [2.05, 4.69) is 86.8 Å². The van der Waals surface area contributed by atoms with Gasteiger partial charge < -0.3 is 18.9 Å². The number of nitrogens with zero attached hydrogens (tertiary/aromatic N) is 1. The zero-order valence-electron chi connectivity index (χ0n) is 41.5. The number of likely N-dealkylation sites (N-methyl/N-ethyl adjacent to an activating group) is 1. The highest BCUT2D eigenvalue weighted by Crippen LogP contribution is 2.43. The lowest BCUT2D eigenvalue weighted by molar-refractivity contribution is -0.870. The summed E-state index contributed by atoms with van der Waals surface area (Å²) >= 11 is 0. The van der Waals surface area contributed by atoms with Gasteiger partial charge in [0.2, 0.25) is 0 Å². The van der Waals surface area contributed by atoms with E-state index in [9.17, 15) is 14.3 Å². The van der Waals surface area contributed by atoms with E-state index in [-0.39, 0.29) is 32.2 Å². The molecule has 0 fully saturated rings. The zero-order chi connectivity index (χ0) is 46.2. The summed E-state index contributed by atoms with van der Waals surface area (Å²) in [5.74, 6) is -0.345. The van der Waals surface area contributed by atoms with Crippen molar-refractivity contribution in [2.24, 2.45) is 0 Å². The van der Waals surface area contributed by atoms with Crippen molar-refractivity contribution in [2.75, 3.05) is 54.1 Å². The van der Waals surface area contributed by atoms with Gasteiger partial charge in [-0.05, 0) is 83.5 Å². The van der Waals surface area contributed by atoms with Gasteiger partial charge in [0.1, 0.15) is 19.3 Å². The minimum absolute atomic E-state index is 0.0785. The van der Waals surface area contributed by atoms with Gasteiger partial charge in [-0.3, -0.25) is 13.8 Å². The molecule has 8 nitrogen and oxygen atoms in total. The van der Waals surface area contributed by atoms with Crippen LogP contribution in [0.4, 0.5) is 0 Å². The number of unbranched alkanes of at least 4 members (excludes halogenated alkanes) is 21. The Bertz CT molecular complexity index is 1230. The van der Waals surface area contributed by atoms with E-state index < -0.39 is 13.9 Å². The Hall–Kier alpha value is -2.06. The lowest BCUT2D eigenvalue weighted by Gasteiger charge is -2.24. The molecule has 63 heavy (non-hydrogen) atoms. The van der Waals surface area contributed by atoms with Crippen LogP contribution >= 0.6 is 7.82 Å². The highest BCUT2D eigenvalue weighted by Gasteiger charge is 2.26. The number of hydrogen-bond acceptors (Lipinski definition) is 6. The van der Waals surface area contributed by atoms with Crippen molar-refractivity contribution in [2.45, 2.75) is 213 Å². The van der Waals surface area contributed by atoms with Crippen molar-refractivity contribution in [3.63, 3.8) is 0 Å². The van der Waals surface area contributed by atoms with Gasteiger partial charge >= 0.3 is 13.8 Å². The molecule has 0 amide bonds. The van der Waals surface area contributed by atoms with Crippen molar-refractivity contribution < 1.29 is 37.3 Å². The van der Waals surface area contributed by atoms with Crippen LogP contribution in [-0.4, -0.2) is 75.6 Å². The number of phosphoric acid groups is 1. The van der Waals surface area contributed by atoms with E-state index >= 15 is 0 Å². The highest BCUT2D eigenvalue weighted by molar-refractivity contribution is 7.47. The molecule has 2 atom stereocenters. The number of hydrogen-bond donors (Lipinski definition) is 1. The van der Waals surface area contributed by atoms with Crippen molar-refractivity contribution in [3.8, 4) is 0 Å². The Balaban J connectivity index is 4.20. The van der Waals surface area contributed by atoms with Gasteiger partial charge in [0.05, 0.1) is 34.4 Å². The Labute approximate surface area is 389 Å². The predicted octanol–water partition coefficient (Wildman–Crippen LogP) is 15.8. The summed E-state index contributed by atoms with van der Waals surface area (Å²) in [5.41, 5.74) is 0. The van der Waals surface area contributed by atoms with Crippen LogP contribution in [0.25, 0.3) is 0 Å². The first-order valence-corrected chi connectivity index (χ1v) is 27.2. The molecule has 0 spiro atoms. The van der Waals surface area contributed by atoms with Gasteiger partial charge in [0, 0.05) is 13.0 Å². The SMILES string of the molecule is CC/C=C\C/C=C\C/C=C\C/C=C\C/C=C\CCCCCC(=O)OC(COCCCCCCCCCCCC/C=C\CCCCCCCCCC)COP(=O)(O)OCC[N+](C)(C)C. The maximum atomic E-state index is 12.7. The molecule has 0 aromatic rings. The molecule has 0 radical (unpaired) electrons. The fourth-order valence-electron chi connectivity index (χ4n) is 6.81. The van der Waals surface area contributed by atoms with E-state index in [0.29, 0.717) is 17.6 Å². The first kappa shape index (κ1) is 60.9. The molecule has 0 saturated carbocycles. The van der Waals surface area contributed by atoms with Crippen molar-refractivity contribution in [1.29, 1.82) is 0 Å². The molecule has 0 rings (SSSR count). The molecule has 0 aliphatic rings. The van der Waals surface area contributed by atoms with Gasteiger partial charge in [-0.2, -0.15) is 0 Å². The van der Waals surface area contributed by atoms with E-state index in [1.807, 2.05) is 21.1 Å². The molecule has 0 saturated heterocycles. The van der Waals surface area contributed by atoms with Crippen LogP contribution in [0.5, 0.6) is 0 Å². The van der Waals surface area contributed by atoms with Crippen molar-refractivity contribution in [3.05, 3.63) is 72.9 Å². The Morgan fingerprint density at radius 3 is 1.40 bits per heavy atom. The molecule has 0 bridgehead atoms. The quantitative estimate of drug-likeness (QED) is 0.0214. The number of phosphoric ester groups is 1. The topological polar surface area (TPSA) is 91.3 Å². The summed E-state index contributed by atoms with van der Waals surface area (Å²) in [7, 11) is 1.64. The first-order valence-electron chi connectivity index (χ1n) is 25.7. The largest absolute Gasteiger partial charge is 0.472 e. The number of ether oxygens (including phenoxy) is 2. The summed E-state index contributed by atoms with van der Waals surface area (Å²) in [6.07, 6.45) is 61.0. The number of carbonyl (C=O) groups is 1. The second kappa shape index (κ2) is 46.5. The minimum Gasteiger partial charge on any atom is -0.457 e. The number of carbonyl (C=O) groups excluding carboxylic acids is 1. The lowest BCUT2D eigenvalue weighted by atomic mass is 10.1. The van der Waals surface area contributed by atoms with Crippen LogP contribution in [0.15, 0.2) is 72.9 Å². The third-order valence-electron chi connectivity index (χ3n) is 10.8. The lowest BCUT2D eigenvalue weighted by Crippen LogP contribution is -2.37. The summed E-state index contributed by atoms with van der Waals surface area (Å²) in [4.78, 5) is 23.0. The standard InChI is InChI=1S/C54H98NO7P/c1-6-8-10-12-14-16-18-20-22-24-26-27-28-30-32-34-36-38-40-42-44-46-49-59-51-53(52-61-63(57,58)60-50-48-55(3,4)5)62-54(56)47-45-43-41-39-37-35-33-31-29-25-23-21-19-17-15-13-11-9-7-2/h9,11,15,17,21,23-24,26,29,31,35,37,53H,6-8,10,12-14,16,18-20,22,25,27-28,30,32-34,36,38-52H2,1-5H3/p+1/b11-9-,17-15-,23-21-,26-24-,31-29-,37-35-. The Morgan fingerprint density at radius 2 is 0.921 bits per heavy atom. The van der Waals surface area contributed by atoms with Crippen molar-refractivity contribution >= 4 is 13.8 Å². The predicted molar refractivity (Wildman–Crippen MR) is 270 cm³/mol. The maximum absolute atomic E-state index is 12.7. The fraction of sp³-hybridized carbons (Fsp3) is 0.759. The summed E-state index contributed by atoms with van der Waals surface area (Å²) in [6.45, 7) is 5.47. The van der Waals surface area contributed by atoms with Crippen LogP contribution in [-0.2, 0) is 27.9 Å². The van der Waals surface area contributed by atoms with Crippen molar-refractivity contribution in [1.82, 2.24) is 0 Å². The van der Waals surface area contributed by atoms with Gasteiger partial charge in [0.25, 0.3) is 0 Å². The molecule has 0 aliphatic carbocycles. The van der Waals surface area contributed by atoms with Crippen LogP contribution in [0.3, 0.4) is 0 Å². The highest BCUT2D eigenvalue weighted by atomic mass is 31.2. The number of rotatable bonds is 47. The molecule has 0 aliphatic heterocycles. The van der Waals surface area contributed by atoms with E-state index in [4.69, 9.17) is 18.5 Å². The van der Waals surface area contributed by atoms with Crippen LogP contribution in [0.1, 0.15) is 206 Å². The number of quaternary nitrogens is 1. The molecular weight excluding hydrogens is 806 g/mol. The van der Waals surface area contributed by atoms with Gasteiger partial charge in [-0.25, -0.2) is 4.57 Å². The third-order valence-corrected chi connectivity index (χ3v) is 11.7. The molecule has 0 aromatic heterocycles. The van der Waals surface area contributed by atoms with Gasteiger partial charge in [-0.1, -0.05) is 189 Å². The minimum atomic E-state index is -4.29. The van der Waals surface area contributed by atoms with E-state index in [0.717, 1.165) is 70.6 Å². The van der Waals surface area contributed by atoms with Crippen LogP contribution < -0.4 is 0 Å². The monoisotopic (exact) mass is 905 g/mol. The third kappa shape index (κ3) is 50.8. The fourth-order valence-corrected chi connectivity index (χ4v) is 7.55. The summed E-state index contributed by atoms with van der Waals surface area (Å²) < 4.78 is 35.1. The molecular formula is C54H99NO7P+. The smallest absolute Gasteiger partial charge is 0.457 e. The second-order valence-corrected chi connectivity index (χ2v) is 19.6. The molecule has 1 N–H and O–H groups in total. The van der Waals surface area contributed by atoms with Gasteiger partial charge in [0.15, 0.2) is 0 Å². The number of esters is 1. The average molecular weight is 905 g/mol. The molecule has 0 aromatic carbocycles.